The van der Waals surface area contributed by atoms with E-state index in [0.717, 1.165) is 16.5 Å². The Hall–Kier alpha value is -2.70. The SMILES string of the molecule is NC(CS)C(=O)NC(CS)C(=O)NC(Cc1c[nH]c2ccccc12)C(=O)N1CCCC1C(=O)O. The normalized spacial score (nSPS) is 18.3. The molecule has 2 heterocycles. The molecule has 2 aromatic rings. The third kappa shape index (κ3) is 5.86. The molecule has 1 aromatic heterocycles. The van der Waals surface area contributed by atoms with Crippen LogP contribution >= 0.6 is 25.3 Å². The van der Waals surface area contributed by atoms with E-state index in [1.807, 2.05) is 24.3 Å². The number of carboxylic acids is 1. The Bertz CT molecular complexity index is 1060. The number of H-pyrrole nitrogens is 1. The van der Waals surface area contributed by atoms with E-state index >= 15 is 0 Å². The molecule has 12 heteroatoms. The van der Waals surface area contributed by atoms with Gasteiger partial charge in [0.25, 0.3) is 0 Å². The van der Waals surface area contributed by atoms with Gasteiger partial charge in [0.15, 0.2) is 0 Å². The van der Waals surface area contributed by atoms with E-state index < -0.39 is 47.9 Å². The van der Waals surface area contributed by atoms with Crippen LogP contribution in [0.4, 0.5) is 0 Å². The number of hydrogen-bond acceptors (Lipinski definition) is 7. The molecule has 0 radical (unpaired) electrons. The van der Waals surface area contributed by atoms with Gasteiger partial charge in [0.1, 0.15) is 18.1 Å². The summed E-state index contributed by atoms with van der Waals surface area (Å²) in [5.74, 6) is -2.66. The minimum atomic E-state index is -1.08. The highest BCUT2D eigenvalue weighted by atomic mass is 32.1. The molecule has 0 spiro atoms. The Kier molecular flexibility index (Phi) is 8.86. The third-order valence-corrected chi connectivity index (χ3v) is 6.64. The van der Waals surface area contributed by atoms with Crippen molar-refractivity contribution in [3.05, 3.63) is 36.0 Å². The number of aliphatic carboxylic acids is 1. The summed E-state index contributed by atoms with van der Waals surface area (Å²) in [6.45, 7) is 0.291. The van der Waals surface area contributed by atoms with Crippen molar-refractivity contribution in [3.8, 4) is 0 Å². The topological polar surface area (TPSA) is 158 Å². The van der Waals surface area contributed by atoms with Gasteiger partial charge in [-0.15, -0.1) is 0 Å². The van der Waals surface area contributed by atoms with Crippen molar-refractivity contribution >= 4 is 59.9 Å². The van der Waals surface area contributed by atoms with E-state index in [9.17, 15) is 24.3 Å². The zero-order chi connectivity index (χ0) is 24.8. The van der Waals surface area contributed by atoms with Crippen molar-refractivity contribution in [2.45, 2.75) is 43.4 Å². The Morgan fingerprint density at radius 1 is 1.12 bits per heavy atom. The van der Waals surface area contributed by atoms with Crippen LogP contribution in [0.3, 0.4) is 0 Å². The highest BCUT2D eigenvalue weighted by Gasteiger charge is 2.38. The van der Waals surface area contributed by atoms with Crippen LogP contribution in [-0.2, 0) is 25.6 Å². The number of thiol groups is 2. The number of rotatable bonds is 10. The molecule has 1 saturated heterocycles. The number of para-hydroxylation sites is 1. The van der Waals surface area contributed by atoms with Crippen LogP contribution in [0, 0.1) is 0 Å². The number of nitrogens with one attached hydrogen (secondary N) is 3. The summed E-state index contributed by atoms with van der Waals surface area (Å²) in [6, 6.07) is 3.63. The van der Waals surface area contributed by atoms with Gasteiger partial charge in [0.2, 0.25) is 17.7 Å². The number of hydrogen-bond donors (Lipinski definition) is 7. The fourth-order valence-corrected chi connectivity index (χ4v) is 4.46. The molecule has 10 nitrogen and oxygen atoms in total. The van der Waals surface area contributed by atoms with E-state index in [2.05, 4.69) is 40.9 Å². The maximum Gasteiger partial charge on any atom is 0.326 e. The average Bonchev–Trinajstić information content (AvgIpc) is 3.48. The van der Waals surface area contributed by atoms with Gasteiger partial charge in [-0.3, -0.25) is 14.4 Å². The predicted molar refractivity (Wildman–Crippen MR) is 134 cm³/mol. The molecule has 4 unspecified atom stereocenters. The molecule has 184 valence electrons. The van der Waals surface area contributed by atoms with Crippen LogP contribution in [0.15, 0.2) is 30.5 Å². The Morgan fingerprint density at radius 3 is 2.50 bits per heavy atom. The number of aromatic nitrogens is 1. The van der Waals surface area contributed by atoms with E-state index in [1.54, 1.807) is 6.20 Å². The third-order valence-electron chi connectivity index (χ3n) is 5.88. The van der Waals surface area contributed by atoms with Crippen LogP contribution < -0.4 is 16.4 Å². The van der Waals surface area contributed by atoms with Gasteiger partial charge in [-0.05, 0) is 24.5 Å². The van der Waals surface area contributed by atoms with Crippen molar-refractivity contribution in [3.63, 3.8) is 0 Å². The molecule has 3 amide bonds. The minimum Gasteiger partial charge on any atom is -0.480 e. The Morgan fingerprint density at radius 2 is 1.82 bits per heavy atom. The summed E-state index contributed by atoms with van der Waals surface area (Å²) in [4.78, 5) is 54.7. The molecule has 0 aliphatic carbocycles. The number of likely N-dealkylation sites (tertiary alicyclic amines) is 1. The second-order valence-electron chi connectivity index (χ2n) is 8.19. The lowest BCUT2D eigenvalue weighted by molar-refractivity contribution is -0.149. The highest BCUT2D eigenvalue weighted by Crippen LogP contribution is 2.23. The van der Waals surface area contributed by atoms with E-state index in [4.69, 9.17) is 5.73 Å². The molecule has 1 aliphatic rings. The summed E-state index contributed by atoms with van der Waals surface area (Å²) in [5.41, 5.74) is 7.34. The Balaban J connectivity index is 1.84. The van der Waals surface area contributed by atoms with Crippen LogP contribution in [0.5, 0.6) is 0 Å². The van der Waals surface area contributed by atoms with Crippen LogP contribution in [0.2, 0.25) is 0 Å². The van der Waals surface area contributed by atoms with Crippen molar-refractivity contribution < 1.29 is 24.3 Å². The Labute approximate surface area is 207 Å². The first kappa shape index (κ1) is 25.9. The number of carboxylic acid groups (broad SMARTS) is 1. The average molecular weight is 508 g/mol. The number of nitrogens with zero attached hydrogens (tertiary/aromatic N) is 1. The molecule has 4 atom stereocenters. The van der Waals surface area contributed by atoms with Gasteiger partial charge in [0.05, 0.1) is 6.04 Å². The van der Waals surface area contributed by atoms with Crippen LogP contribution in [0.25, 0.3) is 10.9 Å². The number of nitrogens with two attached hydrogens (primary N) is 1. The van der Waals surface area contributed by atoms with E-state index in [1.165, 1.54) is 4.90 Å². The van der Waals surface area contributed by atoms with Crippen molar-refractivity contribution in [2.75, 3.05) is 18.1 Å². The second-order valence-corrected chi connectivity index (χ2v) is 8.92. The van der Waals surface area contributed by atoms with Crippen molar-refractivity contribution in [2.24, 2.45) is 5.73 Å². The number of carbonyl (C=O) groups is 4. The molecular formula is C22H29N5O5S2. The summed E-state index contributed by atoms with van der Waals surface area (Å²) in [6.07, 6.45) is 2.82. The molecule has 1 fully saturated rings. The molecule has 0 saturated carbocycles. The summed E-state index contributed by atoms with van der Waals surface area (Å²) >= 11 is 8.14. The molecule has 6 N–H and O–H groups in total. The zero-order valence-corrected chi connectivity index (χ0v) is 20.2. The zero-order valence-electron chi connectivity index (χ0n) is 18.4. The first-order valence-corrected chi connectivity index (χ1v) is 12.2. The fraction of sp³-hybridized carbons (Fsp3) is 0.455. The number of benzene rings is 1. The molecular weight excluding hydrogens is 478 g/mol. The first-order valence-electron chi connectivity index (χ1n) is 10.9. The summed E-state index contributed by atoms with van der Waals surface area (Å²) in [5, 5.41) is 15.7. The smallest absolute Gasteiger partial charge is 0.326 e. The monoisotopic (exact) mass is 507 g/mol. The molecule has 3 rings (SSSR count). The van der Waals surface area contributed by atoms with E-state index in [0.29, 0.717) is 19.4 Å². The highest BCUT2D eigenvalue weighted by molar-refractivity contribution is 7.80. The van der Waals surface area contributed by atoms with Gasteiger partial charge in [0, 0.05) is 41.6 Å². The molecule has 1 aromatic carbocycles. The maximum absolute atomic E-state index is 13.4. The molecule has 34 heavy (non-hydrogen) atoms. The predicted octanol–water partition coefficient (Wildman–Crippen LogP) is -0.0575. The summed E-state index contributed by atoms with van der Waals surface area (Å²) in [7, 11) is 0. The maximum atomic E-state index is 13.4. The lowest BCUT2D eigenvalue weighted by atomic mass is 10.0. The lowest BCUT2D eigenvalue weighted by Crippen LogP contribution is -2.58. The molecule has 0 bridgehead atoms. The number of aromatic amines is 1. The largest absolute Gasteiger partial charge is 0.480 e. The number of carbonyl (C=O) groups excluding carboxylic acids is 3. The summed E-state index contributed by atoms with van der Waals surface area (Å²) < 4.78 is 0. The van der Waals surface area contributed by atoms with Gasteiger partial charge in [-0.2, -0.15) is 25.3 Å². The van der Waals surface area contributed by atoms with Gasteiger partial charge < -0.3 is 31.4 Å². The van der Waals surface area contributed by atoms with Crippen molar-refractivity contribution in [1.82, 2.24) is 20.5 Å². The number of fused-ring (bicyclic) bond motifs is 1. The second kappa shape index (κ2) is 11.6. The fourth-order valence-electron chi connectivity index (χ4n) is 4.04. The van der Waals surface area contributed by atoms with Crippen LogP contribution in [0.1, 0.15) is 18.4 Å². The van der Waals surface area contributed by atoms with Crippen LogP contribution in [-0.4, -0.2) is 80.9 Å². The van der Waals surface area contributed by atoms with Gasteiger partial charge >= 0.3 is 5.97 Å². The van der Waals surface area contributed by atoms with Crippen molar-refractivity contribution in [1.29, 1.82) is 0 Å². The van der Waals surface area contributed by atoms with E-state index in [-0.39, 0.29) is 17.9 Å². The first-order chi connectivity index (χ1) is 16.3. The minimum absolute atomic E-state index is 0.0215. The standard InChI is InChI=1S/C22H29N5O5S2/c23-14(10-33)19(28)26-17(11-34)20(29)25-16(21(30)27-7-3-6-18(27)22(31)32)8-12-9-24-15-5-2-1-4-13(12)15/h1-2,4-5,9,14,16-18,24,33-34H,3,6-8,10-11,23H2,(H,25,29)(H,26,28)(H,31,32). The lowest BCUT2D eigenvalue weighted by Gasteiger charge is -2.28. The number of amides is 3. The van der Waals surface area contributed by atoms with Gasteiger partial charge in [-0.1, -0.05) is 18.2 Å². The molecule has 1 aliphatic heterocycles. The quantitative estimate of drug-likeness (QED) is 0.223. The van der Waals surface area contributed by atoms with Gasteiger partial charge in [-0.25, -0.2) is 4.79 Å².